The molecule has 3 rings (SSSR count). The Balaban J connectivity index is 1.59. The van der Waals surface area contributed by atoms with Gasteiger partial charge in [0.1, 0.15) is 18.5 Å². The van der Waals surface area contributed by atoms with Crippen molar-refractivity contribution < 1.29 is 18.7 Å². The van der Waals surface area contributed by atoms with Gasteiger partial charge in [-0.25, -0.2) is 9.18 Å². The molecule has 1 aromatic carbocycles. The zero-order valence-electron chi connectivity index (χ0n) is 15.2. The van der Waals surface area contributed by atoms with E-state index in [2.05, 4.69) is 4.99 Å². The van der Waals surface area contributed by atoms with Crippen molar-refractivity contribution in [2.75, 3.05) is 18.0 Å². The van der Waals surface area contributed by atoms with Gasteiger partial charge < -0.3 is 30.4 Å². The van der Waals surface area contributed by atoms with Crippen LogP contribution in [0.1, 0.15) is 5.56 Å². The number of pyridine rings is 1. The van der Waals surface area contributed by atoms with Crippen LogP contribution in [0.15, 0.2) is 46.3 Å². The average molecular weight is 389 g/mol. The Bertz CT molecular complexity index is 965. The van der Waals surface area contributed by atoms with E-state index in [0.717, 1.165) is 0 Å². The molecule has 10 heteroatoms. The molecule has 0 radical (unpaired) electrons. The van der Waals surface area contributed by atoms with Crippen LogP contribution in [0.4, 0.5) is 14.9 Å². The lowest BCUT2D eigenvalue weighted by Crippen LogP contribution is -2.54. The standard InChI is InChI=1S/C18H20FN5O4/c1-23-7-12(5-6-15(23)25)28-13-8-24(9-13)14-4-2-3-11(16(14)19)10-27-18(26)22-17(20)21/h2-7,13H,8-10H2,1H3,(H4,20,21,22,26). The minimum Gasteiger partial charge on any atom is -0.485 e. The number of rotatable bonds is 5. The number of ether oxygens (including phenoxy) is 2. The number of hydrogen-bond acceptors (Lipinski definition) is 5. The molecule has 0 saturated carbocycles. The first-order valence-corrected chi connectivity index (χ1v) is 8.45. The topological polar surface area (TPSA) is 125 Å². The maximum Gasteiger partial charge on any atom is 0.437 e. The normalized spacial score (nSPS) is 13.6. The summed E-state index contributed by atoms with van der Waals surface area (Å²) in [6, 6.07) is 7.86. The number of halogens is 1. The second-order valence-corrected chi connectivity index (χ2v) is 6.30. The molecule has 1 amide bonds. The second kappa shape index (κ2) is 7.99. The van der Waals surface area contributed by atoms with Crippen LogP contribution in [0, 0.1) is 5.82 Å². The Kier molecular flexibility index (Phi) is 5.48. The van der Waals surface area contributed by atoms with Gasteiger partial charge in [0.25, 0.3) is 0 Å². The van der Waals surface area contributed by atoms with Crippen molar-refractivity contribution in [1.82, 2.24) is 4.57 Å². The molecule has 0 spiro atoms. The Morgan fingerprint density at radius 3 is 2.71 bits per heavy atom. The highest BCUT2D eigenvalue weighted by Crippen LogP contribution is 2.28. The van der Waals surface area contributed by atoms with Crippen LogP contribution in [0.2, 0.25) is 0 Å². The molecule has 0 atom stereocenters. The number of aryl methyl sites for hydroxylation is 1. The van der Waals surface area contributed by atoms with Gasteiger partial charge in [-0.3, -0.25) is 4.79 Å². The zero-order valence-corrected chi connectivity index (χ0v) is 15.2. The summed E-state index contributed by atoms with van der Waals surface area (Å²) in [5, 5.41) is 0. The molecule has 0 bridgehead atoms. The number of carbonyl (C=O) groups excluding carboxylic acids is 1. The summed E-state index contributed by atoms with van der Waals surface area (Å²) in [4.78, 5) is 27.8. The Morgan fingerprint density at radius 2 is 2.04 bits per heavy atom. The van der Waals surface area contributed by atoms with Crippen LogP contribution >= 0.6 is 0 Å². The number of carbonyl (C=O) groups is 1. The first-order chi connectivity index (χ1) is 13.3. The quantitative estimate of drug-likeness (QED) is 0.570. The summed E-state index contributed by atoms with van der Waals surface area (Å²) in [6.07, 6.45) is 0.497. The number of amides is 1. The number of anilines is 1. The lowest BCUT2D eigenvalue weighted by atomic mass is 10.1. The van der Waals surface area contributed by atoms with Gasteiger partial charge in [-0.15, -0.1) is 4.99 Å². The third-order valence-electron chi connectivity index (χ3n) is 4.18. The first-order valence-electron chi connectivity index (χ1n) is 8.45. The fourth-order valence-corrected chi connectivity index (χ4v) is 2.74. The Hall–Kier alpha value is -3.56. The van der Waals surface area contributed by atoms with Crippen molar-refractivity contribution in [2.24, 2.45) is 23.5 Å². The van der Waals surface area contributed by atoms with Gasteiger partial charge in [0.05, 0.1) is 18.8 Å². The van der Waals surface area contributed by atoms with Crippen molar-refractivity contribution in [3.63, 3.8) is 0 Å². The summed E-state index contributed by atoms with van der Waals surface area (Å²) in [5.74, 6) is -0.336. The molecule has 2 heterocycles. The molecule has 1 aromatic heterocycles. The molecular formula is C18H20FN5O4. The van der Waals surface area contributed by atoms with Gasteiger partial charge in [-0.2, -0.15) is 0 Å². The van der Waals surface area contributed by atoms with Crippen LogP contribution in [0.5, 0.6) is 5.75 Å². The van der Waals surface area contributed by atoms with E-state index in [9.17, 15) is 14.0 Å². The van der Waals surface area contributed by atoms with Gasteiger partial charge in [0.2, 0.25) is 5.56 Å². The predicted octanol–water partition coefficient (Wildman–Crippen LogP) is 0.702. The van der Waals surface area contributed by atoms with E-state index in [-0.39, 0.29) is 23.8 Å². The number of nitrogens with zero attached hydrogens (tertiary/aromatic N) is 3. The summed E-state index contributed by atoms with van der Waals surface area (Å²) in [6.45, 7) is 0.676. The van der Waals surface area contributed by atoms with Gasteiger partial charge in [-0.05, 0) is 12.1 Å². The molecule has 0 unspecified atom stereocenters. The molecule has 0 aliphatic carbocycles. The minimum absolute atomic E-state index is 0.123. The van der Waals surface area contributed by atoms with Crippen LogP contribution in [0.3, 0.4) is 0 Å². The highest BCUT2D eigenvalue weighted by Gasteiger charge is 2.31. The van der Waals surface area contributed by atoms with Gasteiger partial charge in [-0.1, -0.05) is 12.1 Å². The molecular weight excluding hydrogens is 369 g/mol. The van der Waals surface area contributed by atoms with E-state index in [0.29, 0.717) is 24.5 Å². The SMILES string of the molecule is Cn1cc(OC2CN(c3cccc(COC(=O)N=C(N)N)c3F)C2)ccc1=O. The van der Waals surface area contributed by atoms with E-state index in [1.165, 1.54) is 16.7 Å². The minimum atomic E-state index is -0.987. The van der Waals surface area contributed by atoms with Crippen molar-refractivity contribution in [1.29, 1.82) is 0 Å². The average Bonchev–Trinajstić information content (AvgIpc) is 2.60. The van der Waals surface area contributed by atoms with Crippen LogP contribution in [-0.4, -0.2) is 35.8 Å². The molecule has 9 nitrogen and oxygen atoms in total. The Morgan fingerprint density at radius 1 is 1.29 bits per heavy atom. The lowest BCUT2D eigenvalue weighted by molar-refractivity contribution is 0.149. The second-order valence-electron chi connectivity index (χ2n) is 6.30. The maximum absolute atomic E-state index is 14.7. The number of benzene rings is 1. The molecule has 28 heavy (non-hydrogen) atoms. The van der Waals surface area contributed by atoms with Crippen molar-refractivity contribution in [3.05, 3.63) is 58.3 Å². The largest absolute Gasteiger partial charge is 0.485 e. The third-order valence-corrected chi connectivity index (χ3v) is 4.18. The number of aliphatic imine (C=N–C) groups is 1. The van der Waals surface area contributed by atoms with Gasteiger partial charge in [0.15, 0.2) is 11.8 Å². The van der Waals surface area contributed by atoms with E-state index in [4.69, 9.17) is 20.9 Å². The highest BCUT2D eigenvalue weighted by atomic mass is 19.1. The molecule has 1 fully saturated rings. The summed E-state index contributed by atoms with van der Waals surface area (Å²) in [5.41, 5.74) is 10.6. The number of nitrogens with two attached hydrogens (primary N) is 2. The molecule has 4 N–H and O–H groups in total. The summed E-state index contributed by atoms with van der Waals surface area (Å²) in [7, 11) is 1.64. The molecule has 148 valence electrons. The monoisotopic (exact) mass is 389 g/mol. The predicted molar refractivity (Wildman–Crippen MR) is 101 cm³/mol. The fraction of sp³-hybridized carbons (Fsp3) is 0.278. The Labute approximate surface area is 160 Å². The highest BCUT2D eigenvalue weighted by molar-refractivity contribution is 5.87. The molecule has 2 aromatic rings. The third kappa shape index (κ3) is 4.40. The fourth-order valence-electron chi connectivity index (χ4n) is 2.74. The van der Waals surface area contributed by atoms with Crippen molar-refractivity contribution in [3.8, 4) is 5.75 Å². The number of aromatic nitrogens is 1. The number of guanidine groups is 1. The smallest absolute Gasteiger partial charge is 0.437 e. The van der Waals surface area contributed by atoms with Crippen LogP contribution < -0.4 is 26.7 Å². The maximum atomic E-state index is 14.7. The van der Waals surface area contributed by atoms with Crippen LogP contribution in [-0.2, 0) is 18.4 Å². The van der Waals surface area contributed by atoms with Gasteiger partial charge >= 0.3 is 6.09 Å². The van der Waals surface area contributed by atoms with E-state index >= 15 is 0 Å². The summed E-state index contributed by atoms with van der Waals surface area (Å²) >= 11 is 0. The van der Waals surface area contributed by atoms with E-state index in [1.54, 1.807) is 31.4 Å². The van der Waals surface area contributed by atoms with Gasteiger partial charge in [0, 0.05) is 24.9 Å². The van der Waals surface area contributed by atoms with Crippen LogP contribution in [0.25, 0.3) is 0 Å². The lowest BCUT2D eigenvalue weighted by Gasteiger charge is -2.40. The van der Waals surface area contributed by atoms with E-state index < -0.39 is 17.9 Å². The molecule has 1 aliphatic rings. The molecule has 1 saturated heterocycles. The van der Waals surface area contributed by atoms with E-state index in [1.807, 2.05) is 4.90 Å². The molecule has 1 aliphatic heterocycles. The first kappa shape index (κ1) is 19.2. The number of hydrogen-bond donors (Lipinski definition) is 2. The zero-order chi connectivity index (χ0) is 20.3. The summed E-state index contributed by atoms with van der Waals surface area (Å²) < 4.78 is 26.8. The van der Waals surface area contributed by atoms with Crippen molar-refractivity contribution in [2.45, 2.75) is 12.7 Å². The van der Waals surface area contributed by atoms with Crippen molar-refractivity contribution >= 4 is 17.7 Å².